The van der Waals surface area contributed by atoms with Crippen molar-refractivity contribution in [3.05, 3.63) is 0 Å². The predicted molar refractivity (Wildman–Crippen MR) is 454 cm³/mol. The monoisotopic (exact) mass is 1470 g/mol. The van der Waals surface area contributed by atoms with Crippen LogP contribution in [0.15, 0.2) is 0 Å². The number of hydrogen-bond acceptors (Lipinski definition) is 8. The van der Waals surface area contributed by atoms with Gasteiger partial charge in [0.1, 0.15) is 0 Å². The van der Waals surface area contributed by atoms with E-state index in [4.69, 9.17) is 0 Å². The van der Waals surface area contributed by atoms with Crippen LogP contribution >= 0.6 is 0 Å². The minimum Gasteiger partial charge on any atom is -0.356 e. The average molecular weight is 1470 g/mol. The molecule has 0 bridgehead atoms. The van der Waals surface area contributed by atoms with E-state index in [0.717, 1.165) is 194 Å². The Labute approximate surface area is 649 Å². The Morgan fingerprint density at radius 1 is 0.240 bits per heavy atom. The molecule has 104 heavy (non-hydrogen) atoms. The van der Waals surface area contributed by atoms with Crippen molar-refractivity contribution < 1.29 is 19.2 Å². The minimum atomic E-state index is 0.236. The Bertz CT molecular complexity index is 1640. The van der Waals surface area contributed by atoms with Crippen molar-refractivity contribution >= 4 is 23.6 Å². The van der Waals surface area contributed by atoms with Crippen LogP contribution in [-0.4, -0.2) is 147 Å². The van der Waals surface area contributed by atoms with E-state index in [1.165, 1.54) is 295 Å². The highest BCUT2D eigenvalue weighted by Crippen LogP contribution is 2.20. The molecule has 1 aliphatic rings. The van der Waals surface area contributed by atoms with Gasteiger partial charge in [0.25, 0.3) is 0 Å². The third-order valence-electron chi connectivity index (χ3n) is 23.0. The van der Waals surface area contributed by atoms with Gasteiger partial charge in [0, 0.05) is 103 Å². The predicted octanol–water partition coefficient (Wildman–Crippen LogP) is 24.3. The van der Waals surface area contributed by atoms with Gasteiger partial charge >= 0.3 is 0 Å². The number of unbranched alkanes of at least 4 members (excludes halogenated alkanes) is 48. The van der Waals surface area contributed by atoms with Crippen LogP contribution < -0.4 is 21.3 Å². The van der Waals surface area contributed by atoms with E-state index in [0.29, 0.717) is 37.8 Å². The number of hydrogen-bond donors (Lipinski definition) is 4. The summed E-state index contributed by atoms with van der Waals surface area (Å²) >= 11 is 0. The summed E-state index contributed by atoms with van der Waals surface area (Å²) in [5, 5.41) is 13.5. The van der Waals surface area contributed by atoms with Gasteiger partial charge in [-0.15, -0.1) is 0 Å². The maximum Gasteiger partial charge on any atom is 0.220 e. The number of rotatable bonds is 84. The highest BCUT2D eigenvalue weighted by molar-refractivity contribution is 5.77. The van der Waals surface area contributed by atoms with E-state index in [1.54, 1.807) is 0 Å². The normalized spacial score (nSPS) is 13.0. The molecule has 0 atom stereocenters. The molecule has 0 spiro atoms. The van der Waals surface area contributed by atoms with E-state index in [9.17, 15) is 19.2 Å². The maximum absolute atomic E-state index is 13.3. The Morgan fingerprint density at radius 3 is 0.702 bits per heavy atom. The molecule has 0 unspecified atom stereocenters. The summed E-state index contributed by atoms with van der Waals surface area (Å²) in [6.45, 7) is 28.9. The molecule has 1 aliphatic heterocycles. The third kappa shape index (κ3) is 70.1. The molecule has 616 valence electrons. The molecule has 1 saturated heterocycles. The van der Waals surface area contributed by atoms with Gasteiger partial charge in [0.15, 0.2) is 0 Å². The average Bonchev–Trinajstić information content (AvgIpc) is 0.915. The number of carbonyl (C=O) groups excluding carboxylic acids is 4. The summed E-state index contributed by atoms with van der Waals surface area (Å²) in [7, 11) is 0. The van der Waals surface area contributed by atoms with Crippen LogP contribution in [0, 0.1) is 0 Å². The zero-order valence-corrected chi connectivity index (χ0v) is 71.1. The van der Waals surface area contributed by atoms with Crippen LogP contribution in [0.3, 0.4) is 0 Å². The molecule has 4 N–H and O–H groups in total. The van der Waals surface area contributed by atoms with Crippen LogP contribution in [0.5, 0.6) is 0 Å². The standard InChI is InChI=1S/C92H184N8O4/c1-7-13-19-25-31-33-35-45-59-73-93-89(101)69-57-49-63-77-97(75-61-47-37-43-55-71-91(103)95-87(65-51-39-27-21-15-9-3)66-52-40-28-22-16-10-4)79-81-99-83-85-100(86-84-99)82-80-98(78-64-50-58-70-90(102)94-74-60-46-36-34-32-26-20-14-8-2)76-62-48-38-44-56-72-92(104)96-88(67-53-41-29-23-17-11-5)68-54-42-30-24-18-12-6/h87-88H,7-86H2,1-6H3,(H,93,101)(H,94,102)(H,95,103)(H,96,104). The van der Waals surface area contributed by atoms with Gasteiger partial charge in [-0.25, -0.2) is 0 Å². The lowest BCUT2D eigenvalue weighted by Crippen LogP contribution is -2.50. The van der Waals surface area contributed by atoms with Crippen LogP contribution in [0.2, 0.25) is 0 Å². The lowest BCUT2D eigenvalue weighted by Gasteiger charge is -2.37. The summed E-state index contributed by atoms with van der Waals surface area (Å²) in [5.41, 5.74) is 0. The first-order valence-corrected chi connectivity index (χ1v) is 47.2. The van der Waals surface area contributed by atoms with Gasteiger partial charge in [-0.1, -0.05) is 350 Å². The zero-order chi connectivity index (χ0) is 75.2. The topological polar surface area (TPSA) is 129 Å². The molecule has 0 radical (unpaired) electrons. The fraction of sp³-hybridized carbons (Fsp3) is 0.957. The molecule has 0 aromatic heterocycles. The van der Waals surface area contributed by atoms with Gasteiger partial charge < -0.3 is 31.1 Å². The van der Waals surface area contributed by atoms with Crippen LogP contribution in [0.25, 0.3) is 0 Å². The van der Waals surface area contributed by atoms with Gasteiger partial charge in [-0.2, -0.15) is 0 Å². The lowest BCUT2D eigenvalue weighted by molar-refractivity contribution is -0.122. The molecule has 12 heteroatoms. The molecule has 1 heterocycles. The first-order valence-electron chi connectivity index (χ1n) is 47.2. The number of nitrogens with one attached hydrogen (secondary N) is 4. The fourth-order valence-corrected chi connectivity index (χ4v) is 15.7. The van der Waals surface area contributed by atoms with Gasteiger partial charge in [-0.05, 0) is 116 Å². The van der Waals surface area contributed by atoms with Crippen LogP contribution in [-0.2, 0) is 19.2 Å². The molecular formula is C92H184N8O4. The first-order chi connectivity index (χ1) is 51.2. The highest BCUT2D eigenvalue weighted by atomic mass is 16.2. The number of piperazine rings is 1. The van der Waals surface area contributed by atoms with E-state index < -0.39 is 0 Å². The molecule has 0 aromatic rings. The van der Waals surface area contributed by atoms with E-state index in [1.807, 2.05) is 0 Å². The molecule has 1 rings (SSSR count). The number of carbonyl (C=O) groups is 4. The van der Waals surface area contributed by atoms with Crippen molar-refractivity contribution in [2.75, 3.05) is 91.6 Å². The largest absolute Gasteiger partial charge is 0.356 e. The summed E-state index contributed by atoms with van der Waals surface area (Å²) in [5.74, 6) is 1.03. The van der Waals surface area contributed by atoms with E-state index in [-0.39, 0.29) is 23.6 Å². The third-order valence-corrected chi connectivity index (χ3v) is 23.0. The van der Waals surface area contributed by atoms with Gasteiger partial charge in [0.2, 0.25) is 23.6 Å². The Kier molecular flexibility index (Phi) is 77.0. The van der Waals surface area contributed by atoms with Crippen molar-refractivity contribution in [3.8, 4) is 0 Å². The fourth-order valence-electron chi connectivity index (χ4n) is 15.7. The smallest absolute Gasteiger partial charge is 0.220 e. The van der Waals surface area contributed by atoms with E-state index in [2.05, 4.69) is 82.4 Å². The molecule has 4 amide bonds. The van der Waals surface area contributed by atoms with Crippen LogP contribution in [0.4, 0.5) is 0 Å². The Morgan fingerprint density at radius 2 is 0.442 bits per heavy atom. The zero-order valence-electron chi connectivity index (χ0n) is 71.1. The SMILES string of the molecule is CCCCCCCCCCCNC(=O)CCCCCN(CCCCCCCC(=O)NC(CCCCCCCC)CCCCCCCC)CCN1CCN(CCN(CCCCCCCC(=O)NC(CCCCCCCC)CCCCCCCC)CCCCCC(=O)NCCCCCCCCCCC)CC1. The summed E-state index contributed by atoms with van der Waals surface area (Å²) < 4.78 is 0. The molecular weight excluding hydrogens is 1280 g/mol. The van der Waals surface area contributed by atoms with Crippen molar-refractivity contribution in [1.82, 2.24) is 40.9 Å². The summed E-state index contributed by atoms with van der Waals surface area (Å²) in [6.07, 6.45) is 80.1. The molecule has 0 aromatic carbocycles. The van der Waals surface area contributed by atoms with Crippen molar-refractivity contribution in [2.24, 2.45) is 0 Å². The Balaban J connectivity index is 2.81. The molecule has 12 nitrogen and oxygen atoms in total. The molecule has 0 aliphatic carbocycles. The lowest BCUT2D eigenvalue weighted by atomic mass is 9.99. The second-order valence-corrected chi connectivity index (χ2v) is 33.1. The first kappa shape index (κ1) is 99.7. The number of nitrogens with zero attached hydrogens (tertiary/aromatic N) is 4. The molecule has 0 saturated carbocycles. The number of amides is 4. The van der Waals surface area contributed by atoms with Crippen molar-refractivity contribution in [3.63, 3.8) is 0 Å². The van der Waals surface area contributed by atoms with Crippen molar-refractivity contribution in [1.29, 1.82) is 0 Å². The quantitative estimate of drug-likeness (QED) is 0.0443. The maximum atomic E-state index is 13.3. The highest BCUT2D eigenvalue weighted by Gasteiger charge is 2.20. The summed E-state index contributed by atoms with van der Waals surface area (Å²) in [6, 6.07) is 0.701. The van der Waals surface area contributed by atoms with Crippen LogP contribution in [0.1, 0.15) is 465 Å². The minimum absolute atomic E-state index is 0.236. The van der Waals surface area contributed by atoms with Crippen molar-refractivity contribution in [2.45, 2.75) is 477 Å². The van der Waals surface area contributed by atoms with Gasteiger partial charge in [-0.3, -0.25) is 29.0 Å². The van der Waals surface area contributed by atoms with Gasteiger partial charge in [0.05, 0.1) is 0 Å². The molecule has 1 fully saturated rings. The summed E-state index contributed by atoms with van der Waals surface area (Å²) in [4.78, 5) is 63.1. The van der Waals surface area contributed by atoms with E-state index >= 15 is 0 Å². The Hall–Kier alpha value is -2.28. The second-order valence-electron chi connectivity index (χ2n) is 33.1. The second kappa shape index (κ2) is 80.2.